The Morgan fingerprint density at radius 2 is 2.11 bits per heavy atom. The highest BCUT2D eigenvalue weighted by Crippen LogP contribution is 2.50. The lowest BCUT2D eigenvalue weighted by Crippen LogP contribution is -1.93. The number of rotatable bonds is 0. The number of halogens is 2. The van der Waals surface area contributed by atoms with Crippen molar-refractivity contribution in [2.45, 2.75) is 19.3 Å². The van der Waals surface area contributed by atoms with Crippen LogP contribution in [-0.2, 0) is 0 Å². The van der Waals surface area contributed by atoms with Gasteiger partial charge in [0.05, 0.1) is 0 Å². The fourth-order valence-corrected chi connectivity index (χ4v) is 1.61. The molecule has 0 N–H and O–H groups in total. The lowest BCUT2D eigenvalue weighted by Gasteiger charge is -2.04. The van der Waals surface area contributed by atoms with Gasteiger partial charge in [0.15, 0.2) is 0 Å². The number of allylic oxidation sites excluding steroid dienone is 2. The highest BCUT2D eigenvalue weighted by atomic mass is 19.2. The van der Waals surface area contributed by atoms with Crippen LogP contribution >= 0.6 is 0 Å². The summed E-state index contributed by atoms with van der Waals surface area (Å²) >= 11 is 0. The summed E-state index contributed by atoms with van der Waals surface area (Å²) in [5, 5.41) is 0. The average molecular weight is 129 g/mol. The fraction of sp³-hybridized carbons (Fsp3) is 0.571. The van der Waals surface area contributed by atoms with Crippen molar-refractivity contribution in [3.63, 3.8) is 0 Å². The van der Waals surface area contributed by atoms with E-state index in [1.54, 1.807) is 0 Å². The summed E-state index contributed by atoms with van der Waals surface area (Å²) in [6.07, 6.45) is 2.26. The van der Waals surface area contributed by atoms with Crippen LogP contribution in [0.25, 0.3) is 0 Å². The number of hydrogen-bond acceptors (Lipinski definition) is 0. The monoisotopic (exact) mass is 129 g/mol. The molecule has 0 aromatic carbocycles. The zero-order valence-corrected chi connectivity index (χ0v) is 4.95. The molecule has 0 saturated heterocycles. The van der Waals surface area contributed by atoms with Gasteiger partial charge in [0, 0.05) is 11.8 Å². The van der Waals surface area contributed by atoms with Gasteiger partial charge in [-0.25, -0.2) is 8.78 Å². The summed E-state index contributed by atoms with van der Waals surface area (Å²) in [6.45, 7) is 0. The molecule has 2 heteroatoms. The van der Waals surface area contributed by atoms with Crippen molar-refractivity contribution >= 4 is 0 Å². The molecule has 1 atom stereocenters. The second kappa shape index (κ2) is 1.55. The second-order valence-electron chi connectivity index (χ2n) is 2.71. The van der Waals surface area contributed by atoms with E-state index in [9.17, 15) is 8.78 Å². The lowest BCUT2D eigenvalue weighted by atomic mass is 10.1. The quantitative estimate of drug-likeness (QED) is 0.471. The van der Waals surface area contributed by atoms with Crippen LogP contribution in [0.4, 0.5) is 8.78 Å². The molecule has 1 unspecified atom stereocenters. The summed E-state index contributed by atoms with van der Waals surface area (Å²) in [6, 6.07) is 0. The van der Waals surface area contributed by atoms with Gasteiger partial charge in [-0.05, 0) is 19.3 Å². The first-order valence-electron chi connectivity index (χ1n) is 3.19. The maximum absolute atomic E-state index is 12.5. The Morgan fingerprint density at radius 3 is 2.44 bits per heavy atom. The molecule has 0 heterocycles. The highest BCUT2D eigenvalue weighted by Gasteiger charge is 2.40. The van der Waals surface area contributed by atoms with E-state index in [2.05, 4.69) is 0 Å². The zero-order chi connectivity index (χ0) is 6.43. The maximum Gasteiger partial charge on any atom is 0.139 e. The standard InChI is InChI=1S/C7H7F2/c8-6-4-1-2-5(3-4)7(6)9/h4H,1-3H2. The zero-order valence-electron chi connectivity index (χ0n) is 4.95. The van der Waals surface area contributed by atoms with E-state index < -0.39 is 11.7 Å². The van der Waals surface area contributed by atoms with Crippen LogP contribution in [0.1, 0.15) is 19.3 Å². The van der Waals surface area contributed by atoms with Gasteiger partial charge in [-0.15, -0.1) is 0 Å². The minimum atomic E-state index is -0.536. The van der Waals surface area contributed by atoms with Crippen LogP contribution < -0.4 is 0 Å². The van der Waals surface area contributed by atoms with Gasteiger partial charge in [0.1, 0.15) is 11.7 Å². The molecule has 2 rings (SSSR count). The molecule has 1 saturated carbocycles. The van der Waals surface area contributed by atoms with E-state index >= 15 is 0 Å². The first-order chi connectivity index (χ1) is 4.29. The second-order valence-corrected chi connectivity index (χ2v) is 2.71. The van der Waals surface area contributed by atoms with E-state index in [1.807, 2.05) is 0 Å². The molecule has 9 heavy (non-hydrogen) atoms. The molecular formula is C7H7F2. The summed E-state index contributed by atoms with van der Waals surface area (Å²) in [5.41, 5.74) is 0. The molecule has 1 fully saturated rings. The van der Waals surface area contributed by atoms with Gasteiger partial charge in [-0.3, -0.25) is 0 Å². The Hall–Kier alpha value is -0.400. The third-order valence-electron chi connectivity index (χ3n) is 2.17. The van der Waals surface area contributed by atoms with Crippen molar-refractivity contribution in [2.24, 2.45) is 5.92 Å². The highest BCUT2D eigenvalue weighted by molar-refractivity contribution is 5.33. The van der Waals surface area contributed by atoms with E-state index in [0.29, 0.717) is 12.3 Å². The van der Waals surface area contributed by atoms with Crippen molar-refractivity contribution in [3.8, 4) is 0 Å². The van der Waals surface area contributed by atoms with Gasteiger partial charge in [-0.2, -0.15) is 0 Å². The molecule has 0 spiro atoms. The van der Waals surface area contributed by atoms with Crippen LogP contribution in [0, 0.1) is 11.8 Å². The maximum atomic E-state index is 12.5. The predicted molar refractivity (Wildman–Crippen MR) is 29.8 cm³/mol. The molecule has 0 aliphatic heterocycles. The molecule has 1 radical (unpaired) electrons. The van der Waals surface area contributed by atoms with E-state index in [0.717, 1.165) is 12.8 Å². The Balaban J connectivity index is 2.36. The minimum absolute atomic E-state index is 0.0833. The van der Waals surface area contributed by atoms with E-state index in [4.69, 9.17) is 0 Å². The summed E-state index contributed by atoms with van der Waals surface area (Å²) in [4.78, 5) is 0. The van der Waals surface area contributed by atoms with Gasteiger partial charge >= 0.3 is 0 Å². The predicted octanol–water partition coefficient (Wildman–Crippen LogP) is 2.53. The van der Waals surface area contributed by atoms with Crippen LogP contribution in [-0.4, -0.2) is 0 Å². The average Bonchev–Trinajstić information content (AvgIpc) is 2.37. The van der Waals surface area contributed by atoms with E-state index in [1.165, 1.54) is 0 Å². The number of fused-ring (bicyclic) bond motifs is 2. The summed E-state index contributed by atoms with van der Waals surface area (Å²) < 4.78 is 25.0. The Morgan fingerprint density at radius 1 is 1.33 bits per heavy atom. The first kappa shape index (κ1) is 5.39. The van der Waals surface area contributed by atoms with Crippen molar-refractivity contribution in [1.29, 1.82) is 0 Å². The van der Waals surface area contributed by atoms with Crippen molar-refractivity contribution in [2.75, 3.05) is 0 Å². The molecule has 0 nitrogen and oxygen atoms in total. The van der Waals surface area contributed by atoms with Crippen LogP contribution in [0.3, 0.4) is 0 Å². The molecule has 2 aliphatic rings. The summed E-state index contributed by atoms with van der Waals surface area (Å²) in [7, 11) is 0. The topological polar surface area (TPSA) is 0 Å². The summed E-state index contributed by atoms with van der Waals surface area (Å²) in [5.74, 6) is -0.403. The Bertz CT molecular complexity index is 154. The van der Waals surface area contributed by atoms with Gasteiger partial charge in [-0.1, -0.05) is 0 Å². The molecule has 49 valence electrons. The Labute approximate surface area is 52.6 Å². The molecule has 0 aromatic rings. The minimum Gasteiger partial charge on any atom is -0.209 e. The first-order valence-corrected chi connectivity index (χ1v) is 3.19. The van der Waals surface area contributed by atoms with Crippen LogP contribution in [0.2, 0.25) is 0 Å². The SMILES string of the molecule is FC1=C(F)C2CC[C]1C2. The Kier molecular flexibility index (Phi) is 0.930. The van der Waals surface area contributed by atoms with Gasteiger partial charge in [0.25, 0.3) is 0 Å². The fourth-order valence-electron chi connectivity index (χ4n) is 1.61. The van der Waals surface area contributed by atoms with Crippen molar-refractivity contribution in [1.82, 2.24) is 0 Å². The third-order valence-corrected chi connectivity index (χ3v) is 2.17. The van der Waals surface area contributed by atoms with E-state index in [-0.39, 0.29) is 5.92 Å². The lowest BCUT2D eigenvalue weighted by molar-refractivity contribution is 0.449. The number of hydrogen-bond donors (Lipinski definition) is 0. The molecule has 2 bridgehead atoms. The van der Waals surface area contributed by atoms with Crippen LogP contribution in [0.15, 0.2) is 11.7 Å². The smallest absolute Gasteiger partial charge is 0.139 e. The third kappa shape index (κ3) is 0.562. The molecule has 0 amide bonds. The largest absolute Gasteiger partial charge is 0.209 e. The van der Waals surface area contributed by atoms with Crippen molar-refractivity contribution in [3.05, 3.63) is 17.6 Å². The molecule has 0 aromatic heterocycles. The van der Waals surface area contributed by atoms with Crippen LogP contribution in [0.5, 0.6) is 0 Å². The van der Waals surface area contributed by atoms with Gasteiger partial charge < -0.3 is 0 Å². The van der Waals surface area contributed by atoms with Crippen molar-refractivity contribution < 1.29 is 8.78 Å². The molecular weight excluding hydrogens is 122 g/mol. The van der Waals surface area contributed by atoms with Gasteiger partial charge in [0.2, 0.25) is 0 Å². The normalized spacial score (nSPS) is 34.7. The molecule has 2 aliphatic carbocycles.